The second kappa shape index (κ2) is 9.09. The molecular formula is C19H28ClN3O2. The molecule has 2 atom stereocenters. The van der Waals surface area contributed by atoms with Gasteiger partial charge in [0.05, 0.1) is 5.56 Å². The van der Waals surface area contributed by atoms with E-state index >= 15 is 0 Å². The van der Waals surface area contributed by atoms with Crippen LogP contribution in [0.25, 0.3) is 0 Å². The molecule has 25 heavy (non-hydrogen) atoms. The fourth-order valence-electron chi connectivity index (χ4n) is 2.85. The third-order valence-electron chi connectivity index (χ3n) is 4.56. The van der Waals surface area contributed by atoms with Crippen LogP contribution in [0.5, 0.6) is 0 Å². The van der Waals surface area contributed by atoms with Crippen molar-refractivity contribution in [2.45, 2.75) is 57.9 Å². The second-order valence-electron chi connectivity index (χ2n) is 6.67. The van der Waals surface area contributed by atoms with Crippen molar-refractivity contribution in [3.63, 3.8) is 0 Å². The van der Waals surface area contributed by atoms with Gasteiger partial charge in [0.25, 0.3) is 5.91 Å². The van der Waals surface area contributed by atoms with Crippen LogP contribution in [0.15, 0.2) is 18.2 Å². The molecule has 2 amide bonds. The highest BCUT2D eigenvalue weighted by Gasteiger charge is 2.21. The third-order valence-corrected chi connectivity index (χ3v) is 4.75. The van der Waals surface area contributed by atoms with Gasteiger partial charge in [-0.05, 0) is 57.7 Å². The molecule has 5 nitrogen and oxygen atoms in total. The maximum absolute atomic E-state index is 12.8. The summed E-state index contributed by atoms with van der Waals surface area (Å²) in [6.45, 7) is 7.55. The number of halogens is 1. The van der Waals surface area contributed by atoms with Crippen molar-refractivity contribution in [2.75, 3.05) is 23.3 Å². The van der Waals surface area contributed by atoms with Crippen LogP contribution in [0.3, 0.4) is 0 Å². The van der Waals surface area contributed by atoms with Crippen LogP contribution in [0, 0.1) is 0 Å². The molecule has 0 spiro atoms. The molecular weight excluding hydrogens is 338 g/mol. The van der Waals surface area contributed by atoms with Crippen LogP contribution in [-0.2, 0) is 4.79 Å². The Hall–Kier alpha value is -1.75. The molecule has 0 aromatic heterocycles. The highest BCUT2D eigenvalue weighted by molar-refractivity contribution is 6.32. The summed E-state index contributed by atoms with van der Waals surface area (Å²) in [5, 5.41) is 5.16. The molecule has 6 heteroatoms. The van der Waals surface area contributed by atoms with E-state index in [4.69, 9.17) is 11.6 Å². The molecule has 138 valence electrons. The monoisotopic (exact) mass is 365 g/mol. The summed E-state index contributed by atoms with van der Waals surface area (Å²) in [5.41, 5.74) is 2.12. The summed E-state index contributed by atoms with van der Waals surface area (Å²) < 4.78 is 0. The topological polar surface area (TPSA) is 61.4 Å². The number of anilines is 2. The van der Waals surface area contributed by atoms with Crippen molar-refractivity contribution in [3.05, 3.63) is 23.8 Å². The minimum absolute atomic E-state index is 0.0998. The summed E-state index contributed by atoms with van der Waals surface area (Å²) in [7, 11) is 0. The Morgan fingerprint density at radius 2 is 1.88 bits per heavy atom. The predicted octanol–water partition coefficient (Wildman–Crippen LogP) is 3.77. The van der Waals surface area contributed by atoms with Crippen molar-refractivity contribution in [3.8, 4) is 0 Å². The molecule has 0 saturated carbocycles. The number of nitrogens with zero attached hydrogens (tertiary/aromatic N) is 1. The van der Waals surface area contributed by atoms with Gasteiger partial charge in [0, 0.05) is 30.5 Å². The number of alkyl halides is 1. The van der Waals surface area contributed by atoms with Gasteiger partial charge in [-0.2, -0.15) is 0 Å². The molecule has 1 aliphatic rings. The van der Waals surface area contributed by atoms with E-state index in [-0.39, 0.29) is 17.9 Å². The first-order valence-electron chi connectivity index (χ1n) is 9.07. The minimum atomic E-state index is -0.626. The number of rotatable bonds is 6. The third kappa shape index (κ3) is 5.36. The zero-order valence-corrected chi connectivity index (χ0v) is 16.0. The number of benzene rings is 1. The molecule has 2 N–H and O–H groups in total. The van der Waals surface area contributed by atoms with E-state index in [1.165, 1.54) is 6.42 Å². The van der Waals surface area contributed by atoms with Crippen LogP contribution in [-0.4, -0.2) is 36.3 Å². The standard InChI is InChI=1S/C19H28ClN3O2/c1-4-13(2)21-19(25)16-12-15(22-18(24)14(3)20)8-9-17(16)23-10-6-5-7-11-23/h8-9,12-14H,4-7,10-11H2,1-3H3,(H,21,25)(H,22,24). The minimum Gasteiger partial charge on any atom is -0.371 e. The number of hydrogen-bond donors (Lipinski definition) is 2. The Morgan fingerprint density at radius 3 is 2.48 bits per heavy atom. The summed E-state index contributed by atoms with van der Waals surface area (Å²) >= 11 is 5.82. The summed E-state index contributed by atoms with van der Waals surface area (Å²) in [6, 6.07) is 5.61. The number of piperidine rings is 1. The van der Waals surface area contributed by atoms with E-state index in [1.807, 2.05) is 26.0 Å². The lowest BCUT2D eigenvalue weighted by molar-refractivity contribution is -0.115. The van der Waals surface area contributed by atoms with Gasteiger partial charge in [0.2, 0.25) is 5.91 Å². The fourth-order valence-corrected chi connectivity index (χ4v) is 2.91. The number of carbonyl (C=O) groups excluding carboxylic acids is 2. The Bertz CT molecular complexity index is 613. The van der Waals surface area contributed by atoms with Crippen LogP contribution in [0.1, 0.15) is 56.8 Å². The first-order chi connectivity index (χ1) is 11.9. The van der Waals surface area contributed by atoms with Gasteiger partial charge < -0.3 is 15.5 Å². The second-order valence-corrected chi connectivity index (χ2v) is 7.32. The fraction of sp³-hybridized carbons (Fsp3) is 0.579. The first kappa shape index (κ1) is 19.6. The van der Waals surface area contributed by atoms with E-state index in [9.17, 15) is 9.59 Å². The molecule has 1 aromatic rings. The zero-order chi connectivity index (χ0) is 18.4. The van der Waals surface area contributed by atoms with Crippen LogP contribution in [0.2, 0.25) is 0 Å². The molecule has 1 fully saturated rings. The maximum Gasteiger partial charge on any atom is 0.253 e. The van der Waals surface area contributed by atoms with Gasteiger partial charge in [-0.3, -0.25) is 9.59 Å². The predicted molar refractivity (Wildman–Crippen MR) is 104 cm³/mol. The molecule has 0 radical (unpaired) electrons. The summed E-state index contributed by atoms with van der Waals surface area (Å²) in [6.07, 6.45) is 4.36. The van der Waals surface area contributed by atoms with E-state index < -0.39 is 5.38 Å². The van der Waals surface area contributed by atoms with Crippen LogP contribution >= 0.6 is 11.6 Å². The molecule has 1 aromatic carbocycles. The van der Waals surface area contributed by atoms with E-state index in [0.29, 0.717) is 11.3 Å². The van der Waals surface area contributed by atoms with E-state index in [0.717, 1.165) is 38.0 Å². The van der Waals surface area contributed by atoms with Crippen LogP contribution < -0.4 is 15.5 Å². The molecule has 2 unspecified atom stereocenters. The molecule has 1 heterocycles. The number of amides is 2. The van der Waals surface area contributed by atoms with Gasteiger partial charge in [-0.25, -0.2) is 0 Å². The zero-order valence-electron chi connectivity index (χ0n) is 15.3. The first-order valence-corrected chi connectivity index (χ1v) is 9.50. The largest absolute Gasteiger partial charge is 0.371 e. The van der Waals surface area contributed by atoms with E-state index in [1.54, 1.807) is 13.0 Å². The molecule has 0 aliphatic carbocycles. The number of hydrogen-bond acceptors (Lipinski definition) is 3. The Balaban J connectivity index is 2.30. The van der Waals surface area contributed by atoms with Crippen molar-refractivity contribution in [1.82, 2.24) is 5.32 Å². The average molecular weight is 366 g/mol. The molecule has 0 bridgehead atoms. The molecule has 2 rings (SSSR count). The normalized spacial score (nSPS) is 16.9. The quantitative estimate of drug-likeness (QED) is 0.754. The summed E-state index contributed by atoms with van der Waals surface area (Å²) in [4.78, 5) is 26.9. The highest BCUT2D eigenvalue weighted by atomic mass is 35.5. The maximum atomic E-state index is 12.8. The lowest BCUT2D eigenvalue weighted by Gasteiger charge is -2.31. The SMILES string of the molecule is CCC(C)NC(=O)c1cc(NC(=O)C(C)Cl)ccc1N1CCCCC1. The van der Waals surface area contributed by atoms with Gasteiger partial charge in [0.15, 0.2) is 0 Å². The summed E-state index contributed by atoms with van der Waals surface area (Å²) in [5.74, 6) is -0.384. The highest BCUT2D eigenvalue weighted by Crippen LogP contribution is 2.27. The number of carbonyl (C=O) groups is 2. The Morgan fingerprint density at radius 1 is 1.20 bits per heavy atom. The number of nitrogens with one attached hydrogen (secondary N) is 2. The average Bonchev–Trinajstić information content (AvgIpc) is 2.62. The smallest absolute Gasteiger partial charge is 0.253 e. The van der Waals surface area contributed by atoms with Gasteiger partial charge in [-0.1, -0.05) is 6.92 Å². The van der Waals surface area contributed by atoms with Gasteiger partial charge in [-0.15, -0.1) is 11.6 Å². The van der Waals surface area contributed by atoms with Crippen LogP contribution in [0.4, 0.5) is 11.4 Å². The Kier molecular flexibility index (Phi) is 7.12. The van der Waals surface area contributed by atoms with Crippen molar-refractivity contribution >= 4 is 34.8 Å². The van der Waals surface area contributed by atoms with E-state index in [2.05, 4.69) is 15.5 Å². The Labute approximate surface area is 155 Å². The lowest BCUT2D eigenvalue weighted by Crippen LogP contribution is -2.35. The van der Waals surface area contributed by atoms with Gasteiger partial charge in [0.1, 0.15) is 5.38 Å². The molecule has 1 aliphatic heterocycles. The van der Waals surface area contributed by atoms with Crippen molar-refractivity contribution in [2.24, 2.45) is 0 Å². The van der Waals surface area contributed by atoms with Crippen molar-refractivity contribution < 1.29 is 9.59 Å². The molecule has 1 saturated heterocycles. The van der Waals surface area contributed by atoms with Gasteiger partial charge >= 0.3 is 0 Å². The van der Waals surface area contributed by atoms with Crippen molar-refractivity contribution in [1.29, 1.82) is 0 Å². The lowest BCUT2D eigenvalue weighted by atomic mass is 10.1.